The highest BCUT2D eigenvalue weighted by atomic mass is 79.9. The lowest BCUT2D eigenvalue weighted by Gasteiger charge is -2.26. The first kappa shape index (κ1) is 10.9. The molecule has 0 heterocycles. The minimum absolute atomic E-state index is 0.677. The fraction of sp³-hybridized carbons (Fsp3) is 1.00. The van der Waals surface area contributed by atoms with Gasteiger partial charge in [0.05, 0.1) is 0 Å². The predicted molar refractivity (Wildman–Crippen MR) is 65.0 cm³/mol. The highest BCUT2D eigenvalue weighted by molar-refractivity contribution is 9.09. The monoisotopic (exact) mass is 259 g/mol. The van der Waals surface area contributed by atoms with Crippen LogP contribution in [-0.2, 0) is 0 Å². The summed E-state index contributed by atoms with van der Waals surface area (Å²) in [7, 11) is 0. The second-order valence-electron chi connectivity index (χ2n) is 5.19. The van der Waals surface area contributed by atoms with Crippen LogP contribution in [0.1, 0.15) is 45.4 Å². The maximum Gasteiger partial charge on any atom is 0.0100 e. The summed E-state index contributed by atoms with van der Waals surface area (Å²) < 4.78 is 0. The molecule has 2 fully saturated rings. The van der Waals surface area contributed by atoms with Crippen LogP contribution < -0.4 is 0 Å². The van der Waals surface area contributed by atoms with E-state index in [1.165, 1.54) is 56.9 Å². The second-order valence-corrected chi connectivity index (χ2v) is 5.75. The van der Waals surface area contributed by atoms with Crippen molar-refractivity contribution in [3.63, 3.8) is 0 Å². The predicted octanol–water partition coefficient (Wildman–Crippen LogP) is 3.43. The van der Waals surface area contributed by atoms with Crippen LogP contribution in [0.15, 0.2) is 0 Å². The largest absolute Gasteiger partial charge is 0.300 e. The average Bonchev–Trinajstić information content (AvgIpc) is 3.04. The van der Waals surface area contributed by atoms with Crippen molar-refractivity contribution >= 4 is 15.9 Å². The van der Waals surface area contributed by atoms with E-state index in [1.807, 2.05) is 0 Å². The molecule has 0 N–H and O–H groups in total. The van der Waals surface area contributed by atoms with E-state index in [4.69, 9.17) is 0 Å². The average molecular weight is 260 g/mol. The van der Waals surface area contributed by atoms with Crippen LogP contribution in [0.4, 0.5) is 0 Å². The van der Waals surface area contributed by atoms with Crippen LogP contribution in [-0.4, -0.2) is 29.4 Å². The Morgan fingerprint density at radius 2 is 2.07 bits per heavy atom. The van der Waals surface area contributed by atoms with Crippen molar-refractivity contribution in [1.29, 1.82) is 0 Å². The van der Waals surface area contributed by atoms with Crippen LogP contribution in [0.5, 0.6) is 0 Å². The van der Waals surface area contributed by atoms with Gasteiger partial charge < -0.3 is 0 Å². The van der Waals surface area contributed by atoms with E-state index in [1.54, 1.807) is 0 Å². The van der Waals surface area contributed by atoms with E-state index in [0.717, 1.165) is 6.04 Å². The summed E-state index contributed by atoms with van der Waals surface area (Å²) in [6, 6.07) is 0.957. The van der Waals surface area contributed by atoms with Gasteiger partial charge in [0.2, 0.25) is 0 Å². The van der Waals surface area contributed by atoms with Gasteiger partial charge >= 0.3 is 0 Å². The van der Waals surface area contributed by atoms with E-state index in [0.29, 0.717) is 5.41 Å². The van der Waals surface area contributed by atoms with Gasteiger partial charge in [-0.2, -0.15) is 0 Å². The Balaban J connectivity index is 1.78. The summed E-state index contributed by atoms with van der Waals surface area (Å²) in [6.45, 7) is 5.00. The molecule has 2 rings (SSSR count). The van der Waals surface area contributed by atoms with Crippen molar-refractivity contribution in [3.8, 4) is 0 Å². The Morgan fingerprint density at radius 3 is 2.50 bits per heavy atom. The smallest absolute Gasteiger partial charge is 0.0100 e. The minimum Gasteiger partial charge on any atom is -0.300 e. The molecule has 0 radical (unpaired) electrons. The molecule has 1 nitrogen and oxygen atoms in total. The fourth-order valence-electron chi connectivity index (χ4n) is 2.13. The molecular weight excluding hydrogens is 238 g/mol. The normalized spacial score (nSPS) is 24.2. The van der Waals surface area contributed by atoms with Crippen LogP contribution in [0, 0.1) is 5.41 Å². The molecule has 0 amide bonds. The number of hydrogen-bond donors (Lipinski definition) is 0. The molecule has 0 aromatic rings. The first-order valence-electron chi connectivity index (χ1n) is 6.10. The lowest BCUT2D eigenvalue weighted by molar-refractivity contribution is 0.218. The van der Waals surface area contributed by atoms with Gasteiger partial charge in [0.25, 0.3) is 0 Å². The summed E-state index contributed by atoms with van der Waals surface area (Å²) in [5, 5.41) is 1.22. The second kappa shape index (κ2) is 4.52. The van der Waals surface area contributed by atoms with Gasteiger partial charge in [-0.25, -0.2) is 0 Å². The molecule has 0 atom stereocenters. The lowest BCUT2D eigenvalue weighted by atomic mass is 10.1. The molecule has 0 aliphatic heterocycles. The quantitative estimate of drug-likeness (QED) is 0.634. The molecule has 0 aromatic heterocycles. The molecule has 2 saturated carbocycles. The van der Waals surface area contributed by atoms with Crippen molar-refractivity contribution in [1.82, 2.24) is 4.90 Å². The topological polar surface area (TPSA) is 3.24 Å². The van der Waals surface area contributed by atoms with Gasteiger partial charge in [-0.3, -0.25) is 4.90 Å². The molecule has 0 bridgehead atoms. The summed E-state index contributed by atoms with van der Waals surface area (Å²) in [6.07, 6.45) is 8.55. The van der Waals surface area contributed by atoms with Crippen LogP contribution in [0.25, 0.3) is 0 Å². The van der Waals surface area contributed by atoms with Gasteiger partial charge in [-0.05, 0) is 44.1 Å². The number of halogens is 1. The molecule has 2 aliphatic carbocycles. The van der Waals surface area contributed by atoms with Gasteiger partial charge in [-0.15, -0.1) is 0 Å². The fourth-order valence-corrected chi connectivity index (χ4v) is 2.87. The molecule has 0 saturated heterocycles. The third-order valence-electron chi connectivity index (χ3n) is 3.64. The molecule has 2 aliphatic rings. The molecule has 2 heteroatoms. The Kier molecular flexibility index (Phi) is 3.54. The molecule has 0 spiro atoms. The third-order valence-corrected chi connectivity index (χ3v) is 4.83. The maximum atomic E-state index is 3.67. The van der Waals surface area contributed by atoms with E-state index >= 15 is 0 Å². The van der Waals surface area contributed by atoms with Crippen LogP contribution in [0.3, 0.4) is 0 Å². The third kappa shape index (κ3) is 2.73. The van der Waals surface area contributed by atoms with Crippen LogP contribution >= 0.6 is 15.9 Å². The highest BCUT2D eigenvalue weighted by Gasteiger charge is 2.44. The van der Waals surface area contributed by atoms with Gasteiger partial charge in [0, 0.05) is 17.9 Å². The first-order chi connectivity index (χ1) is 6.79. The van der Waals surface area contributed by atoms with Gasteiger partial charge in [0.1, 0.15) is 0 Å². The maximum absolute atomic E-state index is 3.67. The van der Waals surface area contributed by atoms with Crippen molar-refractivity contribution in [2.24, 2.45) is 5.41 Å². The zero-order valence-corrected chi connectivity index (χ0v) is 10.9. The van der Waals surface area contributed by atoms with E-state index < -0.39 is 0 Å². The highest BCUT2D eigenvalue weighted by Crippen LogP contribution is 2.48. The molecule has 82 valence electrons. The first-order valence-corrected chi connectivity index (χ1v) is 7.22. The summed E-state index contributed by atoms with van der Waals surface area (Å²) in [5.41, 5.74) is 0.677. The Hall–Kier alpha value is 0.440. The van der Waals surface area contributed by atoms with E-state index in [2.05, 4.69) is 27.8 Å². The van der Waals surface area contributed by atoms with Crippen molar-refractivity contribution in [3.05, 3.63) is 0 Å². The number of alkyl halides is 1. The number of unbranched alkanes of at least 4 members (excludes halogenated alkanes) is 1. The number of hydrogen-bond acceptors (Lipinski definition) is 1. The lowest BCUT2D eigenvalue weighted by Crippen LogP contribution is -2.34. The minimum atomic E-state index is 0.677. The van der Waals surface area contributed by atoms with Crippen molar-refractivity contribution < 1.29 is 0 Å². The van der Waals surface area contributed by atoms with Gasteiger partial charge in [-0.1, -0.05) is 29.3 Å². The summed E-state index contributed by atoms with van der Waals surface area (Å²) in [5.74, 6) is 0. The number of nitrogens with zero attached hydrogens (tertiary/aromatic N) is 1. The van der Waals surface area contributed by atoms with E-state index in [9.17, 15) is 0 Å². The summed E-state index contributed by atoms with van der Waals surface area (Å²) >= 11 is 3.67. The standard InChI is InChI=1S/C12H22BrN/c1-2-3-8-14(11-4-5-11)10-12(9-13)6-7-12/h11H,2-10H2,1H3. The molecule has 0 aromatic carbocycles. The molecule has 0 unspecified atom stereocenters. The van der Waals surface area contributed by atoms with Crippen molar-refractivity contribution in [2.45, 2.75) is 51.5 Å². The number of rotatable bonds is 7. The van der Waals surface area contributed by atoms with Crippen LogP contribution in [0.2, 0.25) is 0 Å². The Labute approximate surface area is 96.4 Å². The zero-order valence-electron chi connectivity index (χ0n) is 9.27. The Morgan fingerprint density at radius 1 is 1.36 bits per heavy atom. The SMILES string of the molecule is CCCCN(CC1(CBr)CC1)C1CC1. The molecular formula is C12H22BrN. The van der Waals surface area contributed by atoms with Gasteiger partial charge in [0.15, 0.2) is 0 Å². The summed E-state index contributed by atoms with van der Waals surface area (Å²) in [4.78, 5) is 2.76. The Bertz CT molecular complexity index is 185. The van der Waals surface area contributed by atoms with E-state index in [-0.39, 0.29) is 0 Å². The molecule has 14 heavy (non-hydrogen) atoms. The zero-order chi connectivity index (χ0) is 10.0. The van der Waals surface area contributed by atoms with Crippen molar-refractivity contribution in [2.75, 3.05) is 18.4 Å².